The Hall–Kier alpha value is -3.74. The molecule has 0 saturated heterocycles. The minimum Gasteiger partial charge on any atom is -0.324 e. The highest BCUT2D eigenvalue weighted by Gasteiger charge is 2.12. The summed E-state index contributed by atoms with van der Waals surface area (Å²) in [6.45, 7) is 3.57. The SMILES string of the molecule is Cc1ccc(NC(=O)c2ccc(=O)n(CC(=O)Nc3cccc(C)c3)n2)cc1. The first-order valence-electron chi connectivity index (χ1n) is 8.73. The number of benzene rings is 2. The van der Waals surface area contributed by atoms with E-state index in [2.05, 4.69) is 15.7 Å². The molecule has 0 atom stereocenters. The third-order valence-electron chi connectivity index (χ3n) is 4.00. The van der Waals surface area contributed by atoms with Gasteiger partial charge in [0.05, 0.1) is 0 Å². The van der Waals surface area contributed by atoms with Crippen LogP contribution < -0.4 is 16.2 Å². The van der Waals surface area contributed by atoms with E-state index in [1.165, 1.54) is 12.1 Å². The summed E-state index contributed by atoms with van der Waals surface area (Å²) in [5.74, 6) is -0.868. The van der Waals surface area contributed by atoms with Gasteiger partial charge in [-0.25, -0.2) is 4.68 Å². The summed E-state index contributed by atoms with van der Waals surface area (Å²) in [7, 11) is 0. The Morgan fingerprint density at radius 3 is 2.36 bits per heavy atom. The Morgan fingerprint density at radius 2 is 1.64 bits per heavy atom. The highest BCUT2D eigenvalue weighted by Crippen LogP contribution is 2.10. The molecular formula is C21H20N4O3. The standard InChI is InChI=1S/C21H20N4O3/c1-14-6-8-16(9-7-14)23-21(28)18-10-11-20(27)25(24-18)13-19(26)22-17-5-3-4-15(2)12-17/h3-12H,13H2,1-2H3,(H,22,26)(H,23,28). The van der Waals surface area contributed by atoms with Crippen molar-refractivity contribution in [2.24, 2.45) is 0 Å². The minimum atomic E-state index is -0.466. The van der Waals surface area contributed by atoms with E-state index in [1.54, 1.807) is 18.2 Å². The number of nitrogens with one attached hydrogen (secondary N) is 2. The van der Waals surface area contributed by atoms with Crippen molar-refractivity contribution in [1.82, 2.24) is 9.78 Å². The van der Waals surface area contributed by atoms with Gasteiger partial charge in [0.25, 0.3) is 11.5 Å². The smallest absolute Gasteiger partial charge is 0.276 e. The van der Waals surface area contributed by atoms with E-state index in [4.69, 9.17) is 0 Å². The molecule has 2 amide bonds. The van der Waals surface area contributed by atoms with Gasteiger partial charge >= 0.3 is 0 Å². The molecule has 0 unspecified atom stereocenters. The Balaban J connectivity index is 1.71. The summed E-state index contributed by atoms with van der Waals surface area (Å²) in [5, 5.41) is 9.44. The molecule has 7 nitrogen and oxygen atoms in total. The molecule has 0 aliphatic carbocycles. The van der Waals surface area contributed by atoms with E-state index in [9.17, 15) is 14.4 Å². The average Bonchev–Trinajstić information content (AvgIpc) is 2.65. The maximum absolute atomic E-state index is 12.4. The maximum Gasteiger partial charge on any atom is 0.276 e. The topological polar surface area (TPSA) is 93.1 Å². The van der Waals surface area contributed by atoms with Crippen molar-refractivity contribution in [3.05, 3.63) is 87.8 Å². The first kappa shape index (κ1) is 19.0. The largest absolute Gasteiger partial charge is 0.324 e. The number of rotatable bonds is 5. The molecule has 0 saturated carbocycles. The monoisotopic (exact) mass is 376 g/mol. The van der Waals surface area contributed by atoms with Crippen LogP contribution in [0, 0.1) is 13.8 Å². The van der Waals surface area contributed by atoms with Gasteiger partial charge in [0, 0.05) is 17.4 Å². The van der Waals surface area contributed by atoms with Crippen molar-refractivity contribution >= 4 is 23.2 Å². The summed E-state index contributed by atoms with van der Waals surface area (Å²) in [6.07, 6.45) is 0. The quantitative estimate of drug-likeness (QED) is 0.716. The first-order valence-corrected chi connectivity index (χ1v) is 8.73. The van der Waals surface area contributed by atoms with Gasteiger partial charge in [0.2, 0.25) is 5.91 Å². The molecule has 0 fully saturated rings. The molecule has 28 heavy (non-hydrogen) atoms. The Labute approximate surface area is 162 Å². The predicted molar refractivity (Wildman–Crippen MR) is 107 cm³/mol. The second-order valence-electron chi connectivity index (χ2n) is 6.45. The maximum atomic E-state index is 12.4. The van der Waals surface area contributed by atoms with Gasteiger partial charge < -0.3 is 10.6 Å². The third kappa shape index (κ3) is 4.91. The highest BCUT2D eigenvalue weighted by molar-refractivity contribution is 6.02. The van der Waals surface area contributed by atoms with E-state index < -0.39 is 17.4 Å². The number of aromatic nitrogens is 2. The minimum absolute atomic E-state index is 0.0449. The molecule has 142 valence electrons. The fraction of sp³-hybridized carbons (Fsp3) is 0.143. The summed E-state index contributed by atoms with van der Waals surface area (Å²) in [5.41, 5.74) is 2.90. The summed E-state index contributed by atoms with van der Waals surface area (Å²) in [4.78, 5) is 36.6. The van der Waals surface area contributed by atoms with E-state index in [0.717, 1.165) is 15.8 Å². The molecule has 2 aromatic carbocycles. The van der Waals surface area contributed by atoms with E-state index in [0.29, 0.717) is 11.4 Å². The Kier molecular flexibility index (Phi) is 5.64. The molecule has 0 radical (unpaired) electrons. The molecule has 0 spiro atoms. The van der Waals surface area contributed by atoms with E-state index in [-0.39, 0.29) is 12.2 Å². The van der Waals surface area contributed by atoms with Crippen LogP contribution in [0.3, 0.4) is 0 Å². The lowest BCUT2D eigenvalue weighted by atomic mass is 10.2. The number of anilines is 2. The summed E-state index contributed by atoms with van der Waals surface area (Å²) >= 11 is 0. The van der Waals surface area contributed by atoms with Gasteiger partial charge in [-0.15, -0.1) is 0 Å². The number of aryl methyl sites for hydroxylation is 2. The van der Waals surface area contributed by atoms with Gasteiger partial charge in [0.15, 0.2) is 0 Å². The fourth-order valence-corrected chi connectivity index (χ4v) is 2.57. The van der Waals surface area contributed by atoms with E-state index in [1.807, 2.05) is 44.2 Å². The zero-order chi connectivity index (χ0) is 20.1. The number of amides is 2. The van der Waals surface area contributed by atoms with Crippen molar-refractivity contribution in [3.8, 4) is 0 Å². The Morgan fingerprint density at radius 1 is 0.893 bits per heavy atom. The normalized spacial score (nSPS) is 10.4. The second kappa shape index (κ2) is 8.30. The van der Waals surface area contributed by atoms with Gasteiger partial charge in [-0.3, -0.25) is 14.4 Å². The highest BCUT2D eigenvalue weighted by atomic mass is 16.2. The van der Waals surface area contributed by atoms with Crippen LogP contribution in [0.2, 0.25) is 0 Å². The number of hydrogen-bond donors (Lipinski definition) is 2. The summed E-state index contributed by atoms with van der Waals surface area (Å²) in [6, 6.07) is 17.2. The zero-order valence-electron chi connectivity index (χ0n) is 15.6. The lowest BCUT2D eigenvalue weighted by Crippen LogP contribution is -2.31. The van der Waals surface area contributed by atoms with Gasteiger partial charge in [0.1, 0.15) is 12.2 Å². The summed E-state index contributed by atoms with van der Waals surface area (Å²) < 4.78 is 0.967. The molecule has 0 aliphatic rings. The predicted octanol–water partition coefficient (Wildman–Crippen LogP) is 2.75. The molecule has 0 aliphatic heterocycles. The molecule has 3 rings (SSSR count). The number of carbonyl (C=O) groups is 2. The molecule has 0 bridgehead atoms. The molecular weight excluding hydrogens is 356 g/mol. The average molecular weight is 376 g/mol. The second-order valence-corrected chi connectivity index (χ2v) is 6.45. The van der Waals surface area contributed by atoms with Crippen molar-refractivity contribution in [3.63, 3.8) is 0 Å². The van der Waals surface area contributed by atoms with Crippen LogP contribution in [0.25, 0.3) is 0 Å². The molecule has 7 heteroatoms. The van der Waals surface area contributed by atoms with Crippen LogP contribution >= 0.6 is 0 Å². The van der Waals surface area contributed by atoms with Crippen LogP contribution in [-0.2, 0) is 11.3 Å². The lowest BCUT2D eigenvalue weighted by Gasteiger charge is -2.09. The van der Waals surface area contributed by atoms with Crippen molar-refractivity contribution < 1.29 is 9.59 Å². The molecule has 1 aromatic heterocycles. The van der Waals surface area contributed by atoms with Crippen LogP contribution in [0.1, 0.15) is 21.6 Å². The van der Waals surface area contributed by atoms with Crippen LogP contribution in [0.15, 0.2) is 65.5 Å². The fourth-order valence-electron chi connectivity index (χ4n) is 2.57. The van der Waals surface area contributed by atoms with Crippen molar-refractivity contribution in [2.45, 2.75) is 20.4 Å². The van der Waals surface area contributed by atoms with Gasteiger partial charge in [-0.05, 0) is 49.7 Å². The third-order valence-corrected chi connectivity index (χ3v) is 4.00. The molecule has 2 N–H and O–H groups in total. The van der Waals surface area contributed by atoms with Gasteiger partial charge in [-0.2, -0.15) is 5.10 Å². The molecule has 1 heterocycles. The van der Waals surface area contributed by atoms with Crippen molar-refractivity contribution in [2.75, 3.05) is 10.6 Å². The zero-order valence-corrected chi connectivity index (χ0v) is 15.6. The van der Waals surface area contributed by atoms with Crippen LogP contribution in [-0.4, -0.2) is 21.6 Å². The Bertz CT molecular complexity index is 1070. The first-order chi connectivity index (χ1) is 13.4. The van der Waals surface area contributed by atoms with Crippen LogP contribution in [0.5, 0.6) is 0 Å². The van der Waals surface area contributed by atoms with Crippen molar-refractivity contribution in [1.29, 1.82) is 0 Å². The molecule has 3 aromatic rings. The van der Waals surface area contributed by atoms with Gasteiger partial charge in [-0.1, -0.05) is 29.8 Å². The number of hydrogen-bond acceptors (Lipinski definition) is 4. The van der Waals surface area contributed by atoms with Crippen LogP contribution in [0.4, 0.5) is 11.4 Å². The number of nitrogens with zero attached hydrogens (tertiary/aromatic N) is 2. The number of carbonyl (C=O) groups excluding carboxylic acids is 2. The lowest BCUT2D eigenvalue weighted by molar-refractivity contribution is -0.117. The van der Waals surface area contributed by atoms with E-state index >= 15 is 0 Å².